The average Bonchev–Trinajstić information content (AvgIpc) is 2.00. The molecule has 0 aromatic rings. The first kappa shape index (κ1) is 10.0. The summed E-state index contributed by atoms with van der Waals surface area (Å²) < 4.78 is 0. The lowest BCUT2D eigenvalue weighted by atomic mass is 10.2. The normalized spacial score (nSPS) is 12.4. The maximum atomic E-state index is 11.3. The molecule has 0 bridgehead atoms. The van der Waals surface area contributed by atoms with Crippen molar-refractivity contribution in [1.82, 2.24) is 4.90 Å². The summed E-state index contributed by atoms with van der Waals surface area (Å²) in [5.74, 6) is 0.00694. The third kappa shape index (κ3) is 2.62. The number of rotatable bonds is 2. The number of hydrogen-bond acceptors (Lipinski definition) is 2. The number of carbonyl (C=O) groups excluding carboxylic acids is 1. The van der Waals surface area contributed by atoms with E-state index in [0.29, 0.717) is 17.8 Å². The second-order valence-corrected chi connectivity index (χ2v) is 2.63. The molecule has 0 aliphatic rings. The minimum Gasteiger partial charge on any atom is -0.402 e. The summed E-state index contributed by atoms with van der Waals surface area (Å²) in [6, 6.07) is 0. The zero-order valence-corrected chi connectivity index (χ0v) is 7.64. The molecular weight excluding hydrogens is 140 g/mol. The fourth-order valence-corrected chi connectivity index (χ4v) is 0.599. The predicted molar refractivity (Wildman–Crippen MR) is 45.9 cm³/mol. The van der Waals surface area contributed by atoms with Crippen LogP contribution in [0.5, 0.6) is 0 Å². The zero-order chi connectivity index (χ0) is 9.02. The van der Waals surface area contributed by atoms with Crippen molar-refractivity contribution in [2.24, 2.45) is 5.73 Å². The molecule has 0 aliphatic heterocycles. The standard InChI is InChI=1S/C8H16N2O/c1-5-10(4)8(11)6(2)7(3)9/h5,9H2,1-4H3/b7-6-. The van der Waals surface area contributed by atoms with Crippen LogP contribution in [0.2, 0.25) is 0 Å². The zero-order valence-electron chi connectivity index (χ0n) is 7.64. The molecule has 0 aromatic heterocycles. The van der Waals surface area contributed by atoms with Gasteiger partial charge in [-0.1, -0.05) is 0 Å². The first-order valence-corrected chi connectivity index (χ1v) is 3.69. The Balaban J connectivity index is 4.38. The summed E-state index contributed by atoms with van der Waals surface area (Å²) >= 11 is 0. The van der Waals surface area contributed by atoms with Crippen molar-refractivity contribution in [3.05, 3.63) is 11.3 Å². The van der Waals surface area contributed by atoms with Gasteiger partial charge in [0.1, 0.15) is 0 Å². The molecule has 0 spiro atoms. The quantitative estimate of drug-likeness (QED) is 0.599. The molecule has 0 aliphatic carbocycles. The van der Waals surface area contributed by atoms with Crippen LogP contribution in [0.3, 0.4) is 0 Å². The van der Waals surface area contributed by atoms with E-state index in [1.54, 1.807) is 25.8 Å². The highest BCUT2D eigenvalue weighted by Crippen LogP contribution is 2.01. The molecule has 0 saturated carbocycles. The van der Waals surface area contributed by atoms with Gasteiger partial charge in [0.15, 0.2) is 0 Å². The van der Waals surface area contributed by atoms with Crippen molar-refractivity contribution in [1.29, 1.82) is 0 Å². The molecule has 0 radical (unpaired) electrons. The maximum Gasteiger partial charge on any atom is 0.250 e. The summed E-state index contributed by atoms with van der Waals surface area (Å²) in [4.78, 5) is 12.9. The number of carbonyl (C=O) groups is 1. The van der Waals surface area contributed by atoms with Gasteiger partial charge in [-0.2, -0.15) is 0 Å². The Bertz CT molecular complexity index is 181. The molecule has 1 amide bonds. The molecule has 3 heteroatoms. The minimum absolute atomic E-state index is 0.00694. The first-order chi connectivity index (χ1) is 5.00. The Morgan fingerprint density at radius 3 is 2.18 bits per heavy atom. The van der Waals surface area contributed by atoms with Crippen LogP contribution in [0.15, 0.2) is 11.3 Å². The van der Waals surface area contributed by atoms with E-state index < -0.39 is 0 Å². The van der Waals surface area contributed by atoms with Gasteiger partial charge in [0, 0.05) is 24.9 Å². The molecule has 0 fully saturated rings. The molecule has 0 aromatic carbocycles. The Kier molecular flexibility index (Phi) is 3.65. The van der Waals surface area contributed by atoms with Gasteiger partial charge < -0.3 is 10.6 Å². The van der Waals surface area contributed by atoms with Crippen molar-refractivity contribution in [3.63, 3.8) is 0 Å². The topological polar surface area (TPSA) is 46.3 Å². The van der Waals surface area contributed by atoms with E-state index in [2.05, 4.69) is 0 Å². The van der Waals surface area contributed by atoms with E-state index in [4.69, 9.17) is 5.73 Å². The third-order valence-corrected chi connectivity index (χ3v) is 1.73. The summed E-state index contributed by atoms with van der Waals surface area (Å²) in [6.45, 7) is 6.11. The second kappa shape index (κ2) is 4.01. The minimum atomic E-state index is 0.00694. The van der Waals surface area contributed by atoms with Gasteiger partial charge in [0.2, 0.25) is 0 Å². The van der Waals surface area contributed by atoms with E-state index in [0.717, 1.165) is 0 Å². The van der Waals surface area contributed by atoms with E-state index in [1.165, 1.54) is 0 Å². The number of hydrogen-bond donors (Lipinski definition) is 1. The Labute approximate surface area is 67.9 Å². The molecule has 0 unspecified atom stereocenters. The van der Waals surface area contributed by atoms with Crippen LogP contribution in [-0.2, 0) is 4.79 Å². The Morgan fingerprint density at radius 2 is 1.91 bits per heavy atom. The molecule has 0 atom stereocenters. The Hall–Kier alpha value is -0.990. The van der Waals surface area contributed by atoms with Crippen molar-refractivity contribution in [3.8, 4) is 0 Å². The SMILES string of the molecule is CCN(C)C(=O)/C(C)=C(/C)N. The van der Waals surface area contributed by atoms with Crippen LogP contribution in [0, 0.1) is 0 Å². The fourth-order valence-electron chi connectivity index (χ4n) is 0.599. The summed E-state index contributed by atoms with van der Waals surface area (Å²) in [7, 11) is 1.76. The second-order valence-electron chi connectivity index (χ2n) is 2.63. The number of likely N-dealkylation sites (N-methyl/N-ethyl adjacent to an activating group) is 1. The highest BCUT2D eigenvalue weighted by molar-refractivity contribution is 5.93. The molecule has 2 N–H and O–H groups in total. The van der Waals surface area contributed by atoms with Gasteiger partial charge in [-0.05, 0) is 20.8 Å². The van der Waals surface area contributed by atoms with Gasteiger partial charge in [0.25, 0.3) is 5.91 Å². The summed E-state index contributed by atoms with van der Waals surface area (Å²) in [6.07, 6.45) is 0. The first-order valence-electron chi connectivity index (χ1n) is 3.69. The van der Waals surface area contributed by atoms with Crippen molar-refractivity contribution >= 4 is 5.91 Å². The van der Waals surface area contributed by atoms with Gasteiger partial charge >= 0.3 is 0 Å². The van der Waals surface area contributed by atoms with Gasteiger partial charge in [-0.3, -0.25) is 4.79 Å². The lowest BCUT2D eigenvalue weighted by molar-refractivity contribution is -0.125. The van der Waals surface area contributed by atoms with Crippen molar-refractivity contribution in [2.45, 2.75) is 20.8 Å². The fraction of sp³-hybridized carbons (Fsp3) is 0.625. The van der Waals surface area contributed by atoms with Crippen molar-refractivity contribution in [2.75, 3.05) is 13.6 Å². The molecular formula is C8H16N2O. The molecule has 0 saturated heterocycles. The number of amides is 1. The van der Waals surface area contributed by atoms with Crippen LogP contribution in [-0.4, -0.2) is 24.4 Å². The predicted octanol–water partition coefficient (Wildman–Crippen LogP) is 0.717. The van der Waals surface area contributed by atoms with Crippen LogP contribution < -0.4 is 5.73 Å². The molecule has 0 rings (SSSR count). The summed E-state index contributed by atoms with van der Waals surface area (Å²) in [5.41, 5.74) is 6.69. The Morgan fingerprint density at radius 1 is 1.45 bits per heavy atom. The van der Waals surface area contributed by atoms with Crippen LogP contribution in [0.4, 0.5) is 0 Å². The van der Waals surface area contributed by atoms with E-state index >= 15 is 0 Å². The number of nitrogens with two attached hydrogens (primary N) is 1. The van der Waals surface area contributed by atoms with E-state index in [9.17, 15) is 4.79 Å². The lowest BCUT2D eigenvalue weighted by Gasteiger charge is -2.15. The third-order valence-electron chi connectivity index (χ3n) is 1.73. The van der Waals surface area contributed by atoms with Crippen LogP contribution >= 0.6 is 0 Å². The number of nitrogens with zero attached hydrogens (tertiary/aromatic N) is 1. The van der Waals surface area contributed by atoms with Gasteiger partial charge in [-0.15, -0.1) is 0 Å². The monoisotopic (exact) mass is 156 g/mol. The van der Waals surface area contributed by atoms with E-state index in [-0.39, 0.29) is 5.91 Å². The molecule has 11 heavy (non-hydrogen) atoms. The largest absolute Gasteiger partial charge is 0.402 e. The highest BCUT2D eigenvalue weighted by atomic mass is 16.2. The smallest absolute Gasteiger partial charge is 0.250 e. The average molecular weight is 156 g/mol. The molecule has 0 heterocycles. The van der Waals surface area contributed by atoms with Crippen molar-refractivity contribution < 1.29 is 4.79 Å². The number of allylic oxidation sites excluding steroid dienone is 1. The van der Waals surface area contributed by atoms with Crippen LogP contribution in [0.1, 0.15) is 20.8 Å². The highest BCUT2D eigenvalue weighted by Gasteiger charge is 2.09. The van der Waals surface area contributed by atoms with Gasteiger partial charge in [0.05, 0.1) is 0 Å². The maximum absolute atomic E-state index is 11.3. The summed E-state index contributed by atoms with van der Waals surface area (Å²) in [5, 5.41) is 0. The molecule has 3 nitrogen and oxygen atoms in total. The van der Waals surface area contributed by atoms with Gasteiger partial charge in [-0.25, -0.2) is 0 Å². The lowest BCUT2D eigenvalue weighted by Crippen LogP contribution is -2.28. The van der Waals surface area contributed by atoms with E-state index in [1.807, 2.05) is 6.92 Å². The van der Waals surface area contributed by atoms with Crippen LogP contribution in [0.25, 0.3) is 0 Å². The molecule has 64 valence electrons.